The number of aliphatic hydroxyl groups is 2. The molecule has 2 saturated heterocycles. The van der Waals surface area contributed by atoms with E-state index in [0.29, 0.717) is 18.5 Å². The van der Waals surface area contributed by atoms with Crippen molar-refractivity contribution in [2.45, 2.75) is 96.2 Å². The summed E-state index contributed by atoms with van der Waals surface area (Å²) in [5.74, 6) is -2.79. The Bertz CT molecular complexity index is 995. The molecule has 2 fully saturated rings. The predicted molar refractivity (Wildman–Crippen MR) is 138 cm³/mol. The summed E-state index contributed by atoms with van der Waals surface area (Å²) < 4.78 is 26.8. The first kappa shape index (κ1) is 29.1. The molecule has 0 aliphatic carbocycles. The number of aliphatic hydroxyl groups excluding tert-OH is 2. The summed E-state index contributed by atoms with van der Waals surface area (Å²) in [5.41, 5.74) is -1.45. The second-order valence-corrected chi connectivity index (χ2v) is 11.2. The number of ketones is 1. The second kappa shape index (κ2) is 12.0. The van der Waals surface area contributed by atoms with Gasteiger partial charge in [0.2, 0.25) is 0 Å². The number of aromatic nitrogens is 1. The lowest BCUT2D eigenvalue weighted by molar-refractivity contribution is -0.155. The first-order chi connectivity index (χ1) is 17.4. The number of allylic oxidation sites excluding steroid dienone is 1. The Morgan fingerprint density at radius 2 is 2.00 bits per heavy atom. The van der Waals surface area contributed by atoms with Crippen LogP contribution in [0.4, 0.5) is 4.39 Å². The van der Waals surface area contributed by atoms with Crippen LogP contribution in [0.1, 0.15) is 71.9 Å². The van der Waals surface area contributed by atoms with Crippen LogP contribution in [0, 0.1) is 17.3 Å². The molecular formula is C29H40FNO6. The van der Waals surface area contributed by atoms with Gasteiger partial charge in [-0.15, -0.1) is 6.58 Å². The standard InChI is InChI=1S/C29H40FNO6/c1-6-10-20-26(34)18(2)11-9-13-29(5)24(37-29)16-22(21(30)15-19-12-7-8-14-31-19)36-25(33)17-23(32)28(3,4)27(20)35/h6-8,12,14-15,18,20,22-24,26,32,34H,1,9-11,13,16-17H2,2-5H3/t18-,20+,22-,23-,24?,26+,29?/m0/s1. The Morgan fingerprint density at radius 3 is 2.65 bits per heavy atom. The average molecular weight is 518 g/mol. The van der Waals surface area contributed by atoms with Gasteiger partial charge in [0, 0.05) is 18.5 Å². The quantitative estimate of drug-likeness (QED) is 0.342. The van der Waals surface area contributed by atoms with Crippen molar-refractivity contribution in [1.29, 1.82) is 0 Å². The van der Waals surface area contributed by atoms with Gasteiger partial charge in [-0.05, 0) is 50.3 Å². The highest BCUT2D eigenvalue weighted by Gasteiger charge is 2.53. The molecule has 8 heteroatoms. The van der Waals surface area contributed by atoms with Crippen molar-refractivity contribution in [3.63, 3.8) is 0 Å². The van der Waals surface area contributed by atoms with Crippen LogP contribution in [-0.2, 0) is 19.1 Å². The molecule has 3 rings (SSSR count). The number of nitrogens with zero attached hydrogens (tertiary/aromatic N) is 1. The van der Waals surface area contributed by atoms with E-state index < -0.39 is 53.5 Å². The number of carbonyl (C=O) groups is 2. The summed E-state index contributed by atoms with van der Waals surface area (Å²) in [6.45, 7) is 10.7. The first-order valence-electron chi connectivity index (χ1n) is 13.1. The molecule has 0 saturated carbocycles. The van der Waals surface area contributed by atoms with Gasteiger partial charge in [-0.25, -0.2) is 4.39 Å². The number of carbonyl (C=O) groups excluding carboxylic acids is 2. The van der Waals surface area contributed by atoms with Crippen molar-refractivity contribution in [2.24, 2.45) is 17.3 Å². The molecule has 7 nitrogen and oxygen atoms in total. The van der Waals surface area contributed by atoms with Crippen LogP contribution in [0.2, 0.25) is 0 Å². The van der Waals surface area contributed by atoms with E-state index in [1.54, 1.807) is 38.1 Å². The Balaban J connectivity index is 1.89. The maximum absolute atomic E-state index is 15.3. The second-order valence-electron chi connectivity index (χ2n) is 11.2. The van der Waals surface area contributed by atoms with Crippen LogP contribution < -0.4 is 0 Å². The highest BCUT2D eigenvalue weighted by molar-refractivity contribution is 5.88. The number of ether oxygens (including phenoxy) is 2. The summed E-state index contributed by atoms with van der Waals surface area (Å²) in [7, 11) is 0. The van der Waals surface area contributed by atoms with Crippen LogP contribution in [0.25, 0.3) is 6.08 Å². The van der Waals surface area contributed by atoms with Gasteiger partial charge in [-0.3, -0.25) is 14.6 Å². The topological polar surface area (TPSA) is 109 Å². The smallest absolute Gasteiger partial charge is 0.309 e. The number of halogens is 1. The third kappa shape index (κ3) is 7.12. The third-order valence-corrected chi connectivity index (χ3v) is 7.93. The molecule has 0 bridgehead atoms. The molecule has 7 atom stereocenters. The van der Waals surface area contributed by atoms with Crippen molar-refractivity contribution in [2.75, 3.05) is 0 Å². The van der Waals surface area contributed by atoms with Crippen LogP contribution >= 0.6 is 0 Å². The number of pyridine rings is 1. The minimum absolute atomic E-state index is 0.120. The van der Waals surface area contributed by atoms with Gasteiger partial charge in [0.25, 0.3) is 0 Å². The SMILES string of the molecule is C=CC[C@H]1C(=O)C(C)(C)[C@@H](O)CC(=O)O[C@H](C(F)=Cc2ccccn2)CC2OC2(C)CCC[C@H](C)[C@H]1O. The van der Waals surface area contributed by atoms with Gasteiger partial charge in [0.1, 0.15) is 11.6 Å². The number of fused-ring (bicyclic) bond motifs is 1. The maximum Gasteiger partial charge on any atom is 0.309 e. The Labute approximate surface area is 218 Å². The van der Waals surface area contributed by atoms with Crippen molar-refractivity contribution in [3.05, 3.63) is 48.6 Å². The van der Waals surface area contributed by atoms with Crippen LogP contribution in [0.15, 0.2) is 42.9 Å². The molecular weight excluding hydrogens is 477 g/mol. The van der Waals surface area contributed by atoms with E-state index in [1.165, 1.54) is 12.3 Å². The van der Waals surface area contributed by atoms with Gasteiger partial charge >= 0.3 is 5.97 Å². The zero-order valence-corrected chi connectivity index (χ0v) is 22.2. The summed E-state index contributed by atoms with van der Waals surface area (Å²) in [5, 5.41) is 22.0. The van der Waals surface area contributed by atoms with Gasteiger partial charge < -0.3 is 19.7 Å². The molecule has 2 aliphatic heterocycles. The van der Waals surface area contributed by atoms with Crippen molar-refractivity contribution in [1.82, 2.24) is 4.98 Å². The van der Waals surface area contributed by atoms with Gasteiger partial charge in [-0.1, -0.05) is 39.3 Å². The fraction of sp³-hybridized carbons (Fsp3) is 0.621. The number of cyclic esters (lactones) is 1. The summed E-state index contributed by atoms with van der Waals surface area (Å²) in [4.78, 5) is 30.5. The summed E-state index contributed by atoms with van der Waals surface area (Å²) >= 11 is 0. The first-order valence-corrected chi connectivity index (χ1v) is 13.1. The van der Waals surface area contributed by atoms with E-state index in [1.807, 2.05) is 13.8 Å². The molecule has 2 unspecified atom stereocenters. The monoisotopic (exact) mass is 517 g/mol. The number of hydrogen-bond acceptors (Lipinski definition) is 7. The van der Waals surface area contributed by atoms with Crippen LogP contribution in [-0.4, -0.2) is 57.0 Å². The molecule has 1 aromatic heterocycles. The lowest BCUT2D eigenvalue weighted by Gasteiger charge is -2.35. The summed E-state index contributed by atoms with van der Waals surface area (Å²) in [6.07, 6.45) is 2.48. The fourth-order valence-electron chi connectivity index (χ4n) is 5.10. The molecule has 204 valence electrons. The molecule has 0 radical (unpaired) electrons. The lowest BCUT2D eigenvalue weighted by atomic mass is 9.71. The predicted octanol–water partition coefficient (Wildman–Crippen LogP) is 4.57. The molecule has 0 amide bonds. The minimum atomic E-state index is -1.39. The number of hydrogen-bond donors (Lipinski definition) is 2. The highest BCUT2D eigenvalue weighted by Crippen LogP contribution is 2.45. The Morgan fingerprint density at radius 1 is 1.27 bits per heavy atom. The zero-order valence-electron chi connectivity index (χ0n) is 22.2. The van der Waals surface area contributed by atoms with E-state index in [9.17, 15) is 19.8 Å². The molecule has 0 spiro atoms. The van der Waals surface area contributed by atoms with E-state index in [2.05, 4.69) is 11.6 Å². The molecule has 37 heavy (non-hydrogen) atoms. The van der Waals surface area contributed by atoms with E-state index in [0.717, 1.165) is 6.42 Å². The molecule has 2 aliphatic rings. The molecule has 2 N–H and O–H groups in total. The van der Waals surface area contributed by atoms with E-state index in [-0.39, 0.29) is 30.6 Å². The Kier molecular flexibility index (Phi) is 9.42. The summed E-state index contributed by atoms with van der Waals surface area (Å²) in [6, 6.07) is 5.09. The van der Waals surface area contributed by atoms with Crippen LogP contribution in [0.3, 0.4) is 0 Å². The van der Waals surface area contributed by atoms with Crippen LogP contribution in [0.5, 0.6) is 0 Å². The average Bonchev–Trinajstić information content (AvgIpc) is 3.49. The zero-order chi connectivity index (χ0) is 27.4. The Hall–Kier alpha value is -2.42. The normalized spacial score (nSPS) is 35.8. The number of Topliss-reactive ketones (excluding diaryl/α,β-unsaturated/α-hetero) is 1. The molecule has 0 aromatic carbocycles. The van der Waals surface area contributed by atoms with Crippen molar-refractivity contribution < 1.29 is 33.7 Å². The van der Waals surface area contributed by atoms with E-state index >= 15 is 4.39 Å². The van der Waals surface area contributed by atoms with Crippen molar-refractivity contribution >= 4 is 17.8 Å². The minimum Gasteiger partial charge on any atom is -0.455 e. The molecule has 3 heterocycles. The molecule has 1 aromatic rings. The van der Waals surface area contributed by atoms with Crippen molar-refractivity contribution in [3.8, 4) is 0 Å². The highest BCUT2D eigenvalue weighted by atomic mass is 19.1. The van der Waals surface area contributed by atoms with Gasteiger partial charge in [0.05, 0.1) is 41.4 Å². The maximum atomic E-state index is 15.3. The number of epoxide rings is 1. The van der Waals surface area contributed by atoms with E-state index in [4.69, 9.17) is 9.47 Å². The number of rotatable bonds is 4. The third-order valence-electron chi connectivity index (χ3n) is 7.93. The fourth-order valence-corrected chi connectivity index (χ4v) is 5.10. The lowest BCUT2D eigenvalue weighted by Crippen LogP contribution is -2.46. The number of esters is 1. The van der Waals surface area contributed by atoms with Gasteiger partial charge in [0.15, 0.2) is 6.10 Å². The van der Waals surface area contributed by atoms with Gasteiger partial charge in [-0.2, -0.15) is 0 Å². The largest absolute Gasteiger partial charge is 0.455 e.